The molecular formula is C5H12BO. The van der Waals surface area contributed by atoms with Gasteiger partial charge in [0.15, 0.2) is 0 Å². The lowest BCUT2D eigenvalue weighted by molar-refractivity contribution is 0.0765. The quantitative estimate of drug-likeness (QED) is 0.481. The normalized spacial score (nSPS) is 10.3. The van der Waals surface area contributed by atoms with Crippen molar-refractivity contribution in [2.45, 2.75) is 32.8 Å². The van der Waals surface area contributed by atoms with E-state index in [0.717, 1.165) is 6.42 Å². The Kier molecular flexibility index (Phi) is 4.45. The summed E-state index contributed by atoms with van der Waals surface area (Å²) < 4.78 is 0. The van der Waals surface area contributed by atoms with Crippen molar-refractivity contribution in [3.63, 3.8) is 0 Å². The van der Waals surface area contributed by atoms with E-state index in [1.54, 1.807) is 13.8 Å². The topological polar surface area (TPSA) is 20.2 Å². The highest BCUT2D eigenvalue weighted by Crippen LogP contribution is 2.03. The van der Waals surface area contributed by atoms with Gasteiger partial charge in [-0.1, -0.05) is 6.92 Å². The molecule has 0 rings (SSSR count). The van der Waals surface area contributed by atoms with Gasteiger partial charge in [0.25, 0.3) is 0 Å². The van der Waals surface area contributed by atoms with Crippen molar-refractivity contribution in [1.82, 2.24) is 0 Å². The molecule has 0 aliphatic carbocycles. The van der Waals surface area contributed by atoms with Crippen LogP contribution in [0.25, 0.3) is 0 Å². The van der Waals surface area contributed by atoms with Crippen molar-refractivity contribution < 1.29 is 5.11 Å². The number of rotatable bonds is 1. The maximum atomic E-state index is 8.83. The van der Waals surface area contributed by atoms with Gasteiger partial charge in [0.2, 0.25) is 0 Å². The van der Waals surface area contributed by atoms with Gasteiger partial charge >= 0.3 is 0 Å². The summed E-state index contributed by atoms with van der Waals surface area (Å²) in [7, 11) is 0. The van der Waals surface area contributed by atoms with Gasteiger partial charge in [0.05, 0.1) is 5.60 Å². The molecule has 0 spiro atoms. The van der Waals surface area contributed by atoms with Gasteiger partial charge in [-0.2, -0.15) is 0 Å². The van der Waals surface area contributed by atoms with E-state index in [1.165, 1.54) is 0 Å². The Morgan fingerprint density at radius 2 is 1.57 bits per heavy atom. The zero-order valence-corrected chi connectivity index (χ0v) is 5.23. The standard InChI is InChI=1S/C5H12O.B/c1-4-5(2,3)6;/h6H,4H2,1-3H3;. The Bertz CT molecular complexity index is 37.8. The van der Waals surface area contributed by atoms with E-state index in [-0.39, 0.29) is 8.41 Å². The van der Waals surface area contributed by atoms with Crippen molar-refractivity contribution in [1.29, 1.82) is 0 Å². The summed E-state index contributed by atoms with van der Waals surface area (Å²) in [6.07, 6.45) is 0.826. The first-order valence-corrected chi connectivity index (χ1v) is 2.28. The first-order chi connectivity index (χ1) is 2.56. The van der Waals surface area contributed by atoms with Crippen molar-refractivity contribution >= 4 is 8.41 Å². The van der Waals surface area contributed by atoms with Crippen LogP contribution in [0.5, 0.6) is 0 Å². The molecule has 1 nitrogen and oxygen atoms in total. The average Bonchev–Trinajstić information content (AvgIpc) is 1.35. The Morgan fingerprint density at radius 1 is 1.43 bits per heavy atom. The molecule has 0 fully saturated rings. The number of hydrogen-bond acceptors (Lipinski definition) is 1. The Hall–Kier alpha value is 0.0249. The molecule has 0 atom stereocenters. The molecule has 0 saturated heterocycles. The predicted octanol–water partition coefficient (Wildman–Crippen LogP) is 0.786. The third-order valence-corrected chi connectivity index (χ3v) is 0.865. The van der Waals surface area contributed by atoms with Crippen LogP contribution in [-0.4, -0.2) is 19.1 Å². The molecule has 0 bridgehead atoms. The molecule has 3 radical (unpaired) electrons. The highest BCUT2D eigenvalue weighted by molar-refractivity contribution is 5.75. The minimum atomic E-state index is -0.458. The maximum Gasteiger partial charge on any atom is 0.0589 e. The zero-order valence-electron chi connectivity index (χ0n) is 5.23. The van der Waals surface area contributed by atoms with E-state index in [9.17, 15) is 0 Å². The molecule has 0 aromatic rings. The lowest BCUT2D eigenvalue weighted by Gasteiger charge is -2.11. The molecule has 0 amide bonds. The predicted molar refractivity (Wildman–Crippen MR) is 32.3 cm³/mol. The smallest absolute Gasteiger partial charge is 0.0589 e. The number of aliphatic hydroxyl groups is 1. The Balaban J connectivity index is 0. The van der Waals surface area contributed by atoms with Crippen LogP contribution in [0.15, 0.2) is 0 Å². The molecule has 2 heteroatoms. The minimum absolute atomic E-state index is 0. The van der Waals surface area contributed by atoms with Gasteiger partial charge in [-0.05, 0) is 20.3 Å². The summed E-state index contributed by atoms with van der Waals surface area (Å²) in [6, 6.07) is 0. The molecule has 0 saturated carbocycles. The van der Waals surface area contributed by atoms with Crippen LogP contribution in [0.4, 0.5) is 0 Å². The first-order valence-electron chi connectivity index (χ1n) is 2.28. The molecule has 0 heterocycles. The van der Waals surface area contributed by atoms with Crippen molar-refractivity contribution in [2.75, 3.05) is 0 Å². The SMILES string of the molecule is CCC(C)(C)O.[B]. The van der Waals surface area contributed by atoms with Crippen molar-refractivity contribution in [3.8, 4) is 0 Å². The highest BCUT2D eigenvalue weighted by Gasteiger charge is 2.05. The van der Waals surface area contributed by atoms with Crippen LogP contribution in [0.3, 0.4) is 0 Å². The highest BCUT2D eigenvalue weighted by atomic mass is 16.3. The lowest BCUT2D eigenvalue weighted by atomic mass is 10.1. The molecule has 41 valence electrons. The summed E-state index contributed by atoms with van der Waals surface area (Å²) in [5.41, 5.74) is -0.458. The molecule has 0 aliphatic heterocycles. The van der Waals surface area contributed by atoms with E-state index in [0.29, 0.717) is 0 Å². The summed E-state index contributed by atoms with van der Waals surface area (Å²) in [4.78, 5) is 0. The number of hydrogen-bond donors (Lipinski definition) is 1. The molecular weight excluding hydrogens is 86.9 g/mol. The molecule has 0 aromatic carbocycles. The van der Waals surface area contributed by atoms with E-state index < -0.39 is 5.60 Å². The van der Waals surface area contributed by atoms with Gasteiger partial charge in [-0.25, -0.2) is 0 Å². The van der Waals surface area contributed by atoms with Gasteiger partial charge < -0.3 is 5.11 Å². The molecule has 0 aromatic heterocycles. The fourth-order valence-corrected chi connectivity index (χ4v) is 0. The fraction of sp³-hybridized carbons (Fsp3) is 1.00. The molecule has 0 aliphatic rings. The monoisotopic (exact) mass is 99.1 g/mol. The van der Waals surface area contributed by atoms with Crippen LogP contribution in [0, 0.1) is 0 Å². The second-order valence-electron chi connectivity index (χ2n) is 2.17. The lowest BCUT2D eigenvalue weighted by Crippen LogP contribution is -2.15. The zero-order chi connectivity index (χ0) is 5.21. The van der Waals surface area contributed by atoms with E-state index in [2.05, 4.69) is 0 Å². The average molecular weight is 99.0 g/mol. The third-order valence-electron chi connectivity index (χ3n) is 0.865. The maximum absolute atomic E-state index is 8.83. The van der Waals surface area contributed by atoms with Crippen molar-refractivity contribution in [2.24, 2.45) is 0 Å². The summed E-state index contributed by atoms with van der Waals surface area (Å²) in [5.74, 6) is 0. The first kappa shape index (κ1) is 10.1. The van der Waals surface area contributed by atoms with Gasteiger partial charge in [0.1, 0.15) is 0 Å². The van der Waals surface area contributed by atoms with Crippen LogP contribution >= 0.6 is 0 Å². The summed E-state index contributed by atoms with van der Waals surface area (Å²) in [5, 5.41) is 8.83. The minimum Gasteiger partial charge on any atom is -0.390 e. The second kappa shape index (κ2) is 3.08. The summed E-state index contributed by atoms with van der Waals surface area (Å²) >= 11 is 0. The largest absolute Gasteiger partial charge is 0.390 e. The van der Waals surface area contributed by atoms with E-state index in [1.807, 2.05) is 6.92 Å². The van der Waals surface area contributed by atoms with Crippen LogP contribution < -0.4 is 0 Å². The van der Waals surface area contributed by atoms with Crippen LogP contribution in [0.2, 0.25) is 0 Å². The molecule has 7 heavy (non-hydrogen) atoms. The van der Waals surface area contributed by atoms with Crippen LogP contribution in [-0.2, 0) is 0 Å². The second-order valence-corrected chi connectivity index (χ2v) is 2.17. The van der Waals surface area contributed by atoms with Gasteiger partial charge in [0, 0.05) is 8.41 Å². The van der Waals surface area contributed by atoms with E-state index in [4.69, 9.17) is 5.11 Å². The van der Waals surface area contributed by atoms with Gasteiger partial charge in [-0.3, -0.25) is 0 Å². The Labute approximate surface area is 47.3 Å². The Morgan fingerprint density at radius 3 is 1.57 bits per heavy atom. The molecule has 1 N–H and O–H groups in total. The third kappa shape index (κ3) is 10.7. The van der Waals surface area contributed by atoms with Crippen LogP contribution in [0.1, 0.15) is 27.2 Å². The fourth-order valence-electron chi connectivity index (χ4n) is 0. The molecule has 0 unspecified atom stereocenters. The van der Waals surface area contributed by atoms with Gasteiger partial charge in [-0.15, -0.1) is 0 Å². The van der Waals surface area contributed by atoms with Crippen molar-refractivity contribution in [3.05, 3.63) is 0 Å². The summed E-state index contributed by atoms with van der Waals surface area (Å²) in [6.45, 7) is 5.56. The van der Waals surface area contributed by atoms with E-state index >= 15 is 0 Å².